The van der Waals surface area contributed by atoms with E-state index in [-0.39, 0.29) is 23.9 Å². The summed E-state index contributed by atoms with van der Waals surface area (Å²) in [5.41, 5.74) is 3.12. The Morgan fingerprint density at radius 2 is 1.80 bits per heavy atom. The maximum Gasteiger partial charge on any atom is 0.254 e. The summed E-state index contributed by atoms with van der Waals surface area (Å²) >= 11 is 0. The molecular weight excluding hydrogens is 379 g/mol. The second-order valence-corrected chi connectivity index (χ2v) is 8.62. The molecule has 2 aliphatic rings. The summed E-state index contributed by atoms with van der Waals surface area (Å²) < 4.78 is 19.4. The molecule has 2 aromatic rings. The molecule has 160 valence electrons. The van der Waals surface area contributed by atoms with Gasteiger partial charge in [-0.3, -0.25) is 9.69 Å². The van der Waals surface area contributed by atoms with Crippen LogP contribution in [0.1, 0.15) is 47.2 Å². The zero-order valence-electron chi connectivity index (χ0n) is 17.7. The fourth-order valence-electron chi connectivity index (χ4n) is 4.58. The van der Waals surface area contributed by atoms with Crippen molar-refractivity contribution < 1.29 is 13.9 Å². The molecule has 0 spiro atoms. The maximum atomic E-state index is 13.3. The Balaban J connectivity index is 1.43. The van der Waals surface area contributed by atoms with Gasteiger partial charge in [-0.25, -0.2) is 4.39 Å². The molecule has 2 fully saturated rings. The van der Waals surface area contributed by atoms with Gasteiger partial charge in [0.05, 0.1) is 12.7 Å². The molecule has 0 bridgehead atoms. The van der Waals surface area contributed by atoms with Crippen LogP contribution >= 0.6 is 0 Å². The molecule has 1 heterocycles. The summed E-state index contributed by atoms with van der Waals surface area (Å²) in [6, 6.07) is 14.8. The summed E-state index contributed by atoms with van der Waals surface area (Å²) in [6.07, 6.45) is 4.37. The zero-order valence-corrected chi connectivity index (χ0v) is 17.7. The zero-order chi connectivity index (χ0) is 20.9. The molecule has 0 N–H and O–H groups in total. The molecule has 30 heavy (non-hydrogen) atoms. The number of carbonyl (C=O) groups is 1. The maximum absolute atomic E-state index is 13.3. The first-order chi connectivity index (χ1) is 14.6. The Morgan fingerprint density at radius 3 is 2.50 bits per heavy atom. The van der Waals surface area contributed by atoms with E-state index >= 15 is 0 Å². The monoisotopic (exact) mass is 410 g/mol. The van der Waals surface area contributed by atoms with Gasteiger partial charge in [-0.05, 0) is 49.6 Å². The number of hydrogen-bond acceptors (Lipinski definition) is 3. The SMILES string of the molecule is Cc1ccc(CN2CCOC(CN(C(=O)c3ccc(F)cc3)C3CCCC3)C2)cc1. The summed E-state index contributed by atoms with van der Waals surface area (Å²) in [4.78, 5) is 17.7. The molecule has 2 aromatic carbocycles. The average molecular weight is 411 g/mol. The summed E-state index contributed by atoms with van der Waals surface area (Å²) in [5, 5.41) is 0. The second-order valence-electron chi connectivity index (χ2n) is 8.62. The number of amides is 1. The highest BCUT2D eigenvalue weighted by Gasteiger charge is 2.31. The van der Waals surface area contributed by atoms with Gasteiger partial charge in [-0.15, -0.1) is 0 Å². The number of morpholine rings is 1. The van der Waals surface area contributed by atoms with E-state index in [1.807, 2.05) is 4.90 Å². The number of benzene rings is 2. The van der Waals surface area contributed by atoms with Gasteiger partial charge in [0.1, 0.15) is 5.82 Å². The first-order valence-electron chi connectivity index (χ1n) is 11.0. The van der Waals surface area contributed by atoms with E-state index in [4.69, 9.17) is 4.74 Å². The van der Waals surface area contributed by atoms with Gasteiger partial charge in [0.15, 0.2) is 0 Å². The summed E-state index contributed by atoms with van der Waals surface area (Å²) in [6.45, 7) is 5.98. The van der Waals surface area contributed by atoms with Crippen LogP contribution in [-0.4, -0.2) is 54.1 Å². The van der Waals surface area contributed by atoms with Crippen molar-refractivity contribution >= 4 is 5.91 Å². The molecular formula is C25H31FN2O2. The van der Waals surface area contributed by atoms with Crippen molar-refractivity contribution in [3.8, 4) is 0 Å². The Hall–Kier alpha value is -2.24. The van der Waals surface area contributed by atoms with Crippen molar-refractivity contribution in [3.63, 3.8) is 0 Å². The van der Waals surface area contributed by atoms with Crippen molar-refractivity contribution in [2.75, 3.05) is 26.2 Å². The highest BCUT2D eigenvalue weighted by molar-refractivity contribution is 5.94. The van der Waals surface area contributed by atoms with Crippen LogP contribution in [-0.2, 0) is 11.3 Å². The van der Waals surface area contributed by atoms with Crippen LogP contribution in [0.3, 0.4) is 0 Å². The van der Waals surface area contributed by atoms with E-state index in [0.29, 0.717) is 18.7 Å². The van der Waals surface area contributed by atoms with E-state index in [2.05, 4.69) is 36.1 Å². The molecule has 5 heteroatoms. The lowest BCUT2D eigenvalue weighted by Crippen LogP contribution is -2.50. The molecule has 4 rings (SSSR count). The molecule has 0 radical (unpaired) electrons. The van der Waals surface area contributed by atoms with E-state index in [0.717, 1.165) is 45.3 Å². The fourth-order valence-corrected chi connectivity index (χ4v) is 4.58. The number of carbonyl (C=O) groups excluding carboxylic acids is 1. The molecule has 1 amide bonds. The van der Waals surface area contributed by atoms with Crippen LogP contribution in [0, 0.1) is 12.7 Å². The largest absolute Gasteiger partial charge is 0.374 e. The normalized spacial score (nSPS) is 20.4. The lowest BCUT2D eigenvalue weighted by molar-refractivity contribution is -0.0468. The van der Waals surface area contributed by atoms with Gasteiger partial charge >= 0.3 is 0 Å². The Labute approximate surface area is 178 Å². The predicted molar refractivity (Wildman–Crippen MR) is 116 cm³/mol. The van der Waals surface area contributed by atoms with Gasteiger partial charge in [-0.2, -0.15) is 0 Å². The third kappa shape index (κ3) is 5.27. The number of aryl methyl sites for hydroxylation is 1. The molecule has 1 atom stereocenters. The van der Waals surface area contributed by atoms with Crippen LogP contribution in [0.5, 0.6) is 0 Å². The van der Waals surface area contributed by atoms with Gasteiger partial charge in [0.25, 0.3) is 5.91 Å². The number of hydrogen-bond donors (Lipinski definition) is 0. The smallest absolute Gasteiger partial charge is 0.254 e. The van der Waals surface area contributed by atoms with Crippen molar-refractivity contribution in [3.05, 3.63) is 71.0 Å². The first kappa shape index (κ1) is 21.0. The quantitative estimate of drug-likeness (QED) is 0.707. The number of ether oxygens (including phenoxy) is 1. The molecule has 4 nitrogen and oxygen atoms in total. The van der Waals surface area contributed by atoms with Gasteiger partial charge in [-0.1, -0.05) is 42.7 Å². The van der Waals surface area contributed by atoms with Crippen LogP contribution in [0.25, 0.3) is 0 Å². The average Bonchev–Trinajstić information content (AvgIpc) is 3.29. The fraction of sp³-hybridized carbons (Fsp3) is 0.480. The number of nitrogens with zero attached hydrogens (tertiary/aromatic N) is 2. The van der Waals surface area contributed by atoms with Gasteiger partial charge < -0.3 is 9.64 Å². The van der Waals surface area contributed by atoms with Crippen LogP contribution in [0.2, 0.25) is 0 Å². The number of rotatable bonds is 6. The summed E-state index contributed by atoms with van der Waals surface area (Å²) in [5.74, 6) is -0.331. The van der Waals surface area contributed by atoms with E-state index < -0.39 is 0 Å². The summed E-state index contributed by atoms with van der Waals surface area (Å²) in [7, 11) is 0. The predicted octanol–water partition coefficient (Wildman–Crippen LogP) is 4.42. The molecule has 1 saturated heterocycles. The van der Waals surface area contributed by atoms with Crippen LogP contribution in [0.4, 0.5) is 4.39 Å². The lowest BCUT2D eigenvalue weighted by Gasteiger charge is -2.38. The topological polar surface area (TPSA) is 32.8 Å². The van der Waals surface area contributed by atoms with Crippen LogP contribution in [0.15, 0.2) is 48.5 Å². The third-order valence-corrected chi connectivity index (χ3v) is 6.27. The second kappa shape index (κ2) is 9.71. The minimum absolute atomic E-state index is 0.00537. The third-order valence-electron chi connectivity index (χ3n) is 6.27. The van der Waals surface area contributed by atoms with Gasteiger partial charge in [0, 0.05) is 37.8 Å². The van der Waals surface area contributed by atoms with Crippen molar-refractivity contribution in [1.82, 2.24) is 9.80 Å². The molecule has 1 saturated carbocycles. The standard InChI is InChI=1S/C25H31FN2O2/c1-19-6-8-20(9-7-19)16-27-14-15-30-24(17-27)18-28(23-4-2-3-5-23)25(29)21-10-12-22(26)13-11-21/h6-13,23-24H,2-5,14-18H2,1H3. The van der Waals surface area contributed by atoms with Crippen molar-refractivity contribution in [2.45, 2.75) is 51.3 Å². The number of halogens is 1. The first-order valence-corrected chi connectivity index (χ1v) is 11.0. The van der Waals surface area contributed by atoms with E-state index in [9.17, 15) is 9.18 Å². The Morgan fingerprint density at radius 1 is 1.10 bits per heavy atom. The van der Waals surface area contributed by atoms with Crippen LogP contribution < -0.4 is 0 Å². The molecule has 1 unspecified atom stereocenters. The minimum atomic E-state index is -0.318. The molecule has 1 aliphatic heterocycles. The minimum Gasteiger partial charge on any atom is -0.374 e. The van der Waals surface area contributed by atoms with E-state index in [1.54, 1.807) is 12.1 Å². The lowest BCUT2D eigenvalue weighted by atomic mass is 10.1. The van der Waals surface area contributed by atoms with Crippen molar-refractivity contribution in [1.29, 1.82) is 0 Å². The van der Waals surface area contributed by atoms with Gasteiger partial charge in [0.2, 0.25) is 0 Å². The Kier molecular flexibility index (Phi) is 6.80. The van der Waals surface area contributed by atoms with E-state index in [1.165, 1.54) is 23.3 Å². The van der Waals surface area contributed by atoms with Crippen molar-refractivity contribution in [2.24, 2.45) is 0 Å². The highest BCUT2D eigenvalue weighted by atomic mass is 19.1. The Bertz CT molecular complexity index is 831. The highest BCUT2D eigenvalue weighted by Crippen LogP contribution is 2.26. The molecule has 1 aliphatic carbocycles. The molecule has 0 aromatic heterocycles.